The fraction of sp³-hybridized carbons (Fsp3) is 0.156. The van der Waals surface area contributed by atoms with Crippen molar-refractivity contribution in [1.29, 1.82) is 10.5 Å². The normalized spacial score (nSPS) is 11.7. The van der Waals surface area contributed by atoms with Crippen LogP contribution in [-0.4, -0.2) is 21.3 Å². The van der Waals surface area contributed by atoms with E-state index in [1.54, 1.807) is 24.7 Å². The lowest BCUT2D eigenvalue weighted by Gasteiger charge is -2.22. The molecular weight excluding hydrogens is 472 g/mol. The molecule has 5 aromatic rings. The first-order chi connectivity index (χ1) is 18.7. The zero-order valence-corrected chi connectivity index (χ0v) is 20.8. The monoisotopic (exact) mass is 498 g/mol. The summed E-state index contributed by atoms with van der Waals surface area (Å²) < 4.78 is 8.51. The molecule has 186 valence electrons. The van der Waals surface area contributed by atoms with E-state index in [1.165, 1.54) is 0 Å². The third kappa shape index (κ3) is 5.19. The van der Waals surface area contributed by atoms with E-state index < -0.39 is 6.10 Å². The first-order valence-electron chi connectivity index (χ1n) is 12.5. The average molecular weight is 499 g/mol. The molecule has 0 spiro atoms. The number of hydrogen-bond donors (Lipinski definition) is 1. The second-order valence-electron chi connectivity index (χ2n) is 9.03. The first-order valence-corrected chi connectivity index (χ1v) is 12.5. The van der Waals surface area contributed by atoms with Gasteiger partial charge in [-0.3, -0.25) is 0 Å². The highest BCUT2D eigenvalue weighted by Gasteiger charge is 2.22. The molecule has 6 nitrogen and oxygen atoms in total. The van der Waals surface area contributed by atoms with Gasteiger partial charge >= 0.3 is 0 Å². The van der Waals surface area contributed by atoms with E-state index in [-0.39, 0.29) is 6.61 Å². The van der Waals surface area contributed by atoms with Gasteiger partial charge in [0.25, 0.3) is 0 Å². The second kappa shape index (κ2) is 11.5. The van der Waals surface area contributed by atoms with Crippen LogP contribution in [0.2, 0.25) is 0 Å². The Morgan fingerprint density at radius 2 is 1.71 bits per heavy atom. The van der Waals surface area contributed by atoms with Crippen molar-refractivity contribution in [2.45, 2.75) is 25.7 Å². The van der Waals surface area contributed by atoms with Crippen molar-refractivity contribution in [3.63, 3.8) is 0 Å². The largest absolute Gasteiger partial charge is 0.396 e. The van der Waals surface area contributed by atoms with Crippen LogP contribution in [0.15, 0.2) is 97.5 Å². The minimum atomic E-state index is -0.465. The van der Waals surface area contributed by atoms with Gasteiger partial charge in [0.2, 0.25) is 0 Å². The molecule has 0 fully saturated rings. The molecule has 0 amide bonds. The molecular formula is C32H26N4O2. The fourth-order valence-corrected chi connectivity index (χ4v) is 4.69. The van der Waals surface area contributed by atoms with Gasteiger partial charge < -0.3 is 14.4 Å². The molecule has 0 saturated carbocycles. The molecule has 0 aliphatic carbocycles. The van der Waals surface area contributed by atoms with Crippen molar-refractivity contribution in [3.05, 3.63) is 125 Å². The Balaban J connectivity index is 1.59. The zero-order chi connectivity index (χ0) is 26.3. The lowest BCUT2D eigenvalue weighted by atomic mass is 9.92. The number of aromatic nitrogens is 2. The fourth-order valence-electron chi connectivity index (χ4n) is 4.69. The van der Waals surface area contributed by atoms with Gasteiger partial charge in [0, 0.05) is 18.7 Å². The van der Waals surface area contributed by atoms with E-state index in [4.69, 9.17) is 10.00 Å². The number of fused-ring (bicyclic) bond motifs is 1. The highest BCUT2D eigenvalue weighted by atomic mass is 16.5. The number of imidazole rings is 1. The topological polar surface area (TPSA) is 94.9 Å². The van der Waals surface area contributed by atoms with Gasteiger partial charge in [-0.1, -0.05) is 60.7 Å². The third-order valence-electron chi connectivity index (χ3n) is 6.62. The van der Waals surface area contributed by atoms with E-state index in [0.717, 1.165) is 38.7 Å². The van der Waals surface area contributed by atoms with Gasteiger partial charge in [-0.05, 0) is 58.1 Å². The number of aliphatic hydroxyl groups is 1. The van der Waals surface area contributed by atoms with Gasteiger partial charge in [-0.25, -0.2) is 4.98 Å². The summed E-state index contributed by atoms with van der Waals surface area (Å²) in [5.74, 6) is 0. The Morgan fingerprint density at radius 1 is 0.895 bits per heavy atom. The molecule has 38 heavy (non-hydrogen) atoms. The lowest BCUT2D eigenvalue weighted by Crippen LogP contribution is -2.13. The number of ether oxygens (including phenoxy) is 1. The Labute approximate surface area is 221 Å². The minimum Gasteiger partial charge on any atom is -0.396 e. The summed E-state index contributed by atoms with van der Waals surface area (Å²) in [6, 6.07) is 31.9. The predicted molar refractivity (Wildman–Crippen MR) is 146 cm³/mol. The van der Waals surface area contributed by atoms with Crippen LogP contribution in [0.3, 0.4) is 0 Å². The molecule has 1 atom stereocenters. The summed E-state index contributed by atoms with van der Waals surface area (Å²) >= 11 is 0. The van der Waals surface area contributed by atoms with Crippen molar-refractivity contribution in [2.75, 3.05) is 6.61 Å². The number of benzene rings is 4. The number of nitriles is 2. The molecule has 0 bridgehead atoms. The third-order valence-corrected chi connectivity index (χ3v) is 6.62. The number of aliphatic hydroxyl groups excluding tert-OH is 1. The Bertz CT molecular complexity index is 1640. The number of aryl methyl sites for hydroxylation is 1. The number of nitrogens with zero attached hydrogens (tertiary/aromatic N) is 4. The van der Waals surface area contributed by atoms with Gasteiger partial charge in [-0.2, -0.15) is 10.5 Å². The van der Waals surface area contributed by atoms with E-state index in [2.05, 4.69) is 35.3 Å². The van der Waals surface area contributed by atoms with Crippen LogP contribution in [0.5, 0.6) is 0 Å². The van der Waals surface area contributed by atoms with Crippen molar-refractivity contribution >= 4 is 10.8 Å². The molecule has 0 aliphatic rings. The van der Waals surface area contributed by atoms with Crippen molar-refractivity contribution in [3.8, 4) is 23.3 Å². The van der Waals surface area contributed by atoms with E-state index in [1.807, 2.05) is 59.2 Å². The Hall–Kier alpha value is -4.75. The van der Waals surface area contributed by atoms with Crippen LogP contribution in [0.25, 0.3) is 21.9 Å². The van der Waals surface area contributed by atoms with E-state index in [9.17, 15) is 10.4 Å². The summed E-state index contributed by atoms with van der Waals surface area (Å²) in [5.41, 5.74) is 5.71. The molecule has 1 unspecified atom stereocenters. The van der Waals surface area contributed by atoms with Crippen LogP contribution < -0.4 is 0 Å². The highest BCUT2D eigenvalue weighted by Crippen LogP contribution is 2.35. The lowest BCUT2D eigenvalue weighted by molar-refractivity contribution is 0.0614. The number of hydrogen-bond acceptors (Lipinski definition) is 5. The zero-order valence-electron chi connectivity index (χ0n) is 20.8. The smallest absolute Gasteiger partial charge is 0.125 e. The molecule has 0 aliphatic heterocycles. The second-order valence-corrected chi connectivity index (χ2v) is 9.03. The molecule has 1 aromatic heterocycles. The van der Waals surface area contributed by atoms with Gasteiger partial charge in [-0.15, -0.1) is 0 Å². The van der Waals surface area contributed by atoms with Crippen molar-refractivity contribution in [2.24, 2.45) is 0 Å². The molecule has 4 aromatic carbocycles. The summed E-state index contributed by atoms with van der Waals surface area (Å²) in [5, 5.41) is 30.7. The van der Waals surface area contributed by atoms with Crippen LogP contribution in [0.4, 0.5) is 0 Å². The number of rotatable bonds is 9. The van der Waals surface area contributed by atoms with Crippen molar-refractivity contribution in [1.82, 2.24) is 9.55 Å². The minimum absolute atomic E-state index is 0.0798. The Morgan fingerprint density at radius 3 is 2.50 bits per heavy atom. The van der Waals surface area contributed by atoms with Gasteiger partial charge in [0.15, 0.2) is 0 Å². The predicted octanol–water partition coefficient (Wildman–Crippen LogP) is 6.14. The van der Waals surface area contributed by atoms with Crippen molar-refractivity contribution < 1.29 is 9.84 Å². The summed E-state index contributed by atoms with van der Waals surface area (Å²) in [6.07, 6.45) is 3.67. The highest BCUT2D eigenvalue weighted by molar-refractivity contribution is 5.97. The van der Waals surface area contributed by atoms with Gasteiger partial charge in [0.1, 0.15) is 6.10 Å². The molecule has 6 heteroatoms. The maximum Gasteiger partial charge on any atom is 0.125 e. The molecule has 1 heterocycles. The van der Waals surface area contributed by atoms with E-state index >= 15 is 0 Å². The maximum atomic E-state index is 9.96. The molecule has 5 rings (SSSR count). The van der Waals surface area contributed by atoms with Gasteiger partial charge in [0.05, 0.1) is 48.1 Å². The summed E-state index contributed by atoms with van der Waals surface area (Å²) in [7, 11) is 0. The standard InChI is InChI=1S/C32H26N4O2/c33-18-23-9-11-24(12-10-23)21-38-32(31-20-35-22-36(31)15-4-16-37)26-13-14-27(19-34)30(17-26)29-8-3-6-25-5-1-2-7-28(25)29/h1-3,5-14,17,20,22,32,37H,4,15-16,21H2. The Kier molecular flexibility index (Phi) is 7.57. The quantitative estimate of drug-likeness (QED) is 0.264. The van der Waals surface area contributed by atoms with E-state index in [0.29, 0.717) is 30.7 Å². The maximum absolute atomic E-state index is 9.96. The van der Waals surface area contributed by atoms with Crippen LogP contribution in [-0.2, 0) is 17.9 Å². The molecule has 0 saturated heterocycles. The average Bonchev–Trinajstić information content (AvgIpc) is 3.44. The van der Waals surface area contributed by atoms with Crippen LogP contribution >= 0.6 is 0 Å². The summed E-state index contributed by atoms with van der Waals surface area (Å²) in [4.78, 5) is 4.37. The SMILES string of the molecule is N#Cc1ccc(COC(c2ccc(C#N)c(-c3cccc4ccccc34)c2)c2cncn2CCCO)cc1. The molecule has 0 radical (unpaired) electrons. The van der Waals surface area contributed by atoms with Crippen LogP contribution in [0.1, 0.15) is 40.5 Å². The molecule has 1 N–H and O–H groups in total. The van der Waals surface area contributed by atoms with Crippen LogP contribution in [0, 0.1) is 22.7 Å². The first kappa shape index (κ1) is 24.9. The summed E-state index contributed by atoms with van der Waals surface area (Å²) in [6.45, 7) is 1.01.